The zero-order valence-corrected chi connectivity index (χ0v) is 12.1. The number of hydrogen-bond donors (Lipinski definition) is 1. The Kier molecular flexibility index (Phi) is 7.11. The largest absolute Gasteiger partial charge is 0.485 e. The van der Waals surface area contributed by atoms with Crippen molar-refractivity contribution in [1.29, 1.82) is 0 Å². The molecule has 0 heterocycles. The fraction of sp³-hybridized carbons (Fsp3) is 0.833. The van der Waals surface area contributed by atoms with E-state index in [-0.39, 0.29) is 6.04 Å². The molecule has 0 rings (SSSR count). The second-order valence-electron chi connectivity index (χ2n) is 4.93. The number of carbonyl (C=O) groups excluding carboxylic acids is 1. The summed E-state index contributed by atoms with van der Waals surface area (Å²) in [7, 11) is 0. The first kappa shape index (κ1) is 16.2. The molecule has 1 atom stereocenters. The summed E-state index contributed by atoms with van der Waals surface area (Å²) in [6.45, 7) is 9.65. The predicted molar refractivity (Wildman–Crippen MR) is 72.3 cm³/mol. The van der Waals surface area contributed by atoms with Gasteiger partial charge in [0.25, 0.3) is 0 Å². The number of nitrogens with one attached hydrogen (secondary N) is 1. The summed E-state index contributed by atoms with van der Waals surface area (Å²) in [4.78, 5) is 11.6. The van der Waals surface area contributed by atoms with Crippen molar-refractivity contribution in [3.63, 3.8) is 0 Å². The SMILES string of the molecule is CCC[C@@H](COC(C)=S)NC(=O)OC(C)(C)C. The van der Waals surface area contributed by atoms with Crippen LogP contribution in [0.25, 0.3) is 0 Å². The first-order chi connectivity index (χ1) is 7.74. The minimum Gasteiger partial charge on any atom is -0.485 e. The minimum atomic E-state index is -0.484. The predicted octanol–water partition coefficient (Wildman–Crippen LogP) is 3.04. The molecule has 0 spiro atoms. The molecule has 4 nitrogen and oxygen atoms in total. The van der Waals surface area contributed by atoms with Crippen LogP contribution in [0.3, 0.4) is 0 Å². The van der Waals surface area contributed by atoms with E-state index < -0.39 is 11.7 Å². The van der Waals surface area contributed by atoms with Crippen molar-refractivity contribution >= 4 is 23.4 Å². The van der Waals surface area contributed by atoms with Crippen LogP contribution in [0.5, 0.6) is 0 Å². The lowest BCUT2D eigenvalue weighted by molar-refractivity contribution is 0.0482. The normalized spacial score (nSPS) is 12.8. The first-order valence-electron chi connectivity index (χ1n) is 5.87. The highest BCUT2D eigenvalue weighted by atomic mass is 32.1. The Morgan fingerprint density at radius 1 is 1.41 bits per heavy atom. The van der Waals surface area contributed by atoms with Crippen molar-refractivity contribution in [1.82, 2.24) is 5.32 Å². The Morgan fingerprint density at radius 3 is 2.41 bits per heavy atom. The Balaban J connectivity index is 4.14. The van der Waals surface area contributed by atoms with Crippen LogP contribution in [-0.4, -0.2) is 29.4 Å². The number of thiocarbonyl (C=S) groups is 1. The highest BCUT2D eigenvalue weighted by Gasteiger charge is 2.19. The fourth-order valence-corrected chi connectivity index (χ4v) is 1.31. The second kappa shape index (κ2) is 7.48. The molecule has 0 bridgehead atoms. The standard InChI is InChI=1S/C12H23NO3S/c1-6-7-10(8-15-9(2)17)13-11(14)16-12(3,4)5/h10H,6-8H2,1-5H3,(H,13,14)/t10-/m0/s1. The van der Waals surface area contributed by atoms with E-state index in [0.29, 0.717) is 11.7 Å². The average Bonchev–Trinajstić information content (AvgIpc) is 2.11. The van der Waals surface area contributed by atoms with Crippen LogP contribution < -0.4 is 5.32 Å². The summed E-state index contributed by atoms with van der Waals surface area (Å²) in [5.41, 5.74) is -0.484. The lowest BCUT2D eigenvalue weighted by Crippen LogP contribution is -2.41. The lowest BCUT2D eigenvalue weighted by Gasteiger charge is -2.23. The quantitative estimate of drug-likeness (QED) is 0.773. The average molecular weight is 261 g/mol. The molecule has 0 aromatic carbocycles. The maximum atomic E-state index is 11.6. The molecule has 0 saturated carbocycles. The van der Waals surface area contributed by atoms with Crippen molar-refractivity contribution < 1.29 is 14.3 Å². The summed E-state index contributed by atoms with van der Waals surface area (Å²) < 4.78 is 10.4. The smallest absolute Gasteiger partial charge is 0.407 e. The van der Waals surface area contributed by atoms with E-state index in [1.165, 1.54) is 0 Å². The van der Waals surface area contributed by atoms with Crippen molar-refractivity contribution in [2.24, 2.45) is 0 Å². The summed E-state index contributed by atoms with van der Waals surface area (Å²) in [5, 5.41) is 3.27. The zero-order valence-electron chi connectivity index (χ0n) is 11.3. The van der Waals surface area contributed by atoms with E-state index in [2.05, 4.69) is 5.32 Å². The molecule has 0 radical (unpaired) electrons. The van der Waals surface area contributed by atoms with Gasteiger partial charge in [0.15, 0.2) is 5.05 Å². The zero-order chi connectivity index (χ0) is 13.5. The van der Waals surface area contributed by atoms with Crippen LogP contribution in [0.2, 0.25) is 0 Å². The summed E-state index contributed by atoms with van der Waals surface area (Å²) in [6, 6.07) is -0.0623. The van der Waals surface area contributed by atoms with Gasteiger partial charge in [0.05, 0.1) is 6.04 Å². The van der Waals surface area contributed by atoms with E-state index in [9.17, 15) is 4.79 Å². The number of hydrogen-bond acceptors (Lipinski definition) is 4. The van der Waals surface area contributed by atoms with E-state index >= 15 is 0 Å². The number of rotatable bonds is 5. The van der Waals surface area contributed by atoms with Gasteiger partial charge in [0, 0.05) is 6.92 Å². The van der Waals surface area contributed by atoms with Crippen molar-refractivity contribution in [2.45, 2.75) is 59.1 Å². The van der Waals surface area contributed by atoms with Crippen LogP contribution in [0.1, 0.15) is 47.5 Å². The highest BCUT2D eigenvalue weighted by Crippen LogP contribution is 2.07. The summed E-state index contributed by atoms with van der Waals surface area (Å²) in [5.74, 6) is 0. The number of carbonyl (C=O) groups is 1. The Labute approximate surface area is 109 Å². The van der Waals surface area contributed by atoms with Crippen LogP contribution in [0.15, 0.2) is 0 Å². The molecule has 1 amide bonds. The van der Waals surface area contributed by atoms with Crippen molar-refractivity contribution in [3.8, 4) is 0 Å². The van der Waals surface area contributed by atoms with Crippen molar-refractivity contribution in [3.05, 3.63) is 0 Å². The molecular formula is C12H23NO3S. The van der Waals surface area contributed by atoms with Gasteiger partial charge in [0.1, 0.15) is 12.2 Å². The van der Waals surface area contributed by atoms with Crippen LogP contribution in [0.4, 0.5) is 4.79 Å². The van der Waals surface area contributed by atoms with E-state index in [1.807, 2.05) is 27.7 Å². The molecule has 1 N–H and O–H groups in total. The molecule has 0 fully saturated rings. The second-order valence-corrected chi connectivity index (χ2v) is 5.51. The molecule has 0 aliphatic heterocycles. The topological polar surface area (TPSA) is 47.6 Å². The number of amides is 1. The molecule has 0 aliphatic carbocycles. The highest BCUT2D eigenvalue weighted by molar-refractivity contribution is 7.80. The molecule has 17 heavy (non-hydrogen) atoms. The van der Waals surface area contributed by atoms with Crippen molar-refractivity contribution in [2.75, 3.05) is 6.61 Å². The molecule has 100 valence electrons. The van der Waals surface area contributed by atoms with Gasteiger partial charge >= 0.3 is 6.09 Å². The number of alkyl carbamates (subject to hydrolysis) is 1. The molecule has 0 aliphatic rings. The van der Waals surface area contributed by atoms with Crippen LogP contribution in [0, 0.1) is 0 Å². The lowest BCUT2D eigenvalue weighted by atomic mass is 10.2. The fourth-order valence-electron chi connectivity index (χ4n) is 1.24. The monoisotopic (exact) mass is 261 g/mol. The van der Waals surface area contributed by atoms with Gasteiger partial charge < -0.3 is 14.8 Å². The first-order valence-corrected chi connectivity index (χ1v) is 6.28. The molecule has 0 unspecified atom stereocenters. The summed E-state index contributed by atoms with van der Waals surface area (Å²) >= 11 is 4.83. The van der Waals surface area contributed by atoms with Crippen LogP contribution in [-0.2, 0) is 9.47 Å². The van der Waals surface area contributed by atoms with Gasteiger partial charge in [-0.15, -0.1) is 0 Å². The third-order valence-corrected chi connectivity index (χ3v) is 1.96. The van der Waals surface area contributed by atoms with Gasteiger partial charge in [-0.25, -0.2) is 4.79 Å². The van der Waals surface area contributed by atoms with E-state index in [4.69, 9.17) is 21.7 Å². The maximum Gasteiger partial charge on any atom is 0.407 e. The van der Waals surface area contributed by atoms with E-state index in [1.54, 1.807) is 6.92 Å². The van der Waals surface area contributed by atoms with Gasteiger partial charge in [-0.1, -0.05) is 13.3 Å². The van der Waals surface area contributed by atoms with Gasteiger partial charge in [0.2, 0.25) is 0 Å². The maximum absolute atomic E-state index is 11.6. The number of ether oxygens (including phenoxy) is 2. The molecule has 0 aromatic rings. The third kappa shape index (κ3) is 10.1. The van der Waals surface area contributed by atoms with E-state index in [0.717, 1.165) is 12.8 Å². The van der Waals surface area contributed by atoms with Gasteiger partial charge in [-0.3, -0.25) is 0 Å². The minimum absolute atomic E-state index is 0.0623. The molecule has 5 heteroatoms. The van der Waals surface area contributed by atoms with Gasteiger partial charge in [-0.05, 0) is 39.4 Å². The Hall–Kier alpha value is -0.840. The van der Waals surface area contributed by atoms with Crippen LogP contribution >= 0.6 is 12.2 Å². The van der Waals surface area contributed by atoms with Gasteiger partial charge in [-0.2, -0.15) is 0 Å². The Morgan fingerprint density at radius 2 is 2.00 bits per heavy atom. The third-order valence-electron chi connectivity index (χ3n) is 1.85. The molecule has 0 aromatic heterocycles. The summed E-state index contributed by atoms with van der Waals surface area (Å²) in [6.07, 6.45) is 1.38. The molecule has 0 saturated heterocycles. The molecular weight excluding hydrogens is 238 g/mol. The Bertz CT molecular complexity index is 261.